The molecule has 2 rings (SSSR count). The molecule has 0 saturated carbocycles. The van der Waals surface area contributed by atoms with Gasteiger partial charge in [-0.1, -0.05) is 30.3 Å². The van der Waals surface area contributed by atoms with E-state index in [0.29, 0.717) is 0 Å². The number of nitrogens with one attached hydrogen (secondary N) is 1. The summed E-state index contributed by atoms with van der Waals surface area (Å²) < 4.78 is 5.71. The highest BCUT2D eigenvalue weighted by molar-refractivity contribution is 5.49. The van der Waals surface area contributed by atoms with E-state index in [4.69, 9.17) is 4.74 Å². The molecule has 0 radical (unpaired) electrons. The third kappa shape index (κ3) is 3.48. The Morgan fingerprint density at radius 1 is 1.11 bits per heavy atom. The van der Waals surface area contributed by atoms with Crippen LogP contribution in [0.4, 0.5) is 5.82 Å². The molecule has 0 aliphatic carbocycles. The largest absolute Gasteiger partial charge is 0.487 e. The van der Waals surface area contributed by atoms with Gasteiger partial charge in [-0.25, -0.2) is 4.98 Å². The smallest absolute Gasteiger partial charge is 0.169 e. The van der Waals surface area contributed by atoms with E-state index in [1.165, 1.54) is 5.56 Å². The average Bonchev–Trinajstić information content (AvgIpc) is 2.38. The van der Waals surface area contributed by atoms with Crippen molar-refractivity contribution in [3.05, 3.63) is 54.2 Å². The van der Waals surface area contributed by atoms with Gasteiger partial charge >= 0.3 is 0 Å². The molecule has 0 aliphatic rings. The van der Waals surface area contributed by atoms with E-state index in [2.05, 4.69) is 22.4 Å². The van der Waals surface area contributed by atoms with Gasteiger partial charge in [0.15, 0.2) is 11.6 Å². The summed E-state index contributed by atoms with van der Waals surface area (Å²) in [5.41, 5.74) is 1.22. The summed E-state index contributed by atoms with van der Waals surface area (Å²) in [6, 6.07) is 14.0. The summed E-state index contributed by atoms with van der Waals surface area (Å²) in [5, 5.41) is 3.30. The van der Waals surface area contributed by atoms with Crippen molar-refractivity contribution in [2.75, 3.05) is 5.32 Å². The molecule has 1 N–H and O–H groups in total. The van der Waals surface area contributed by atoms with Crippen LogP contribution in [0.25, 0.3) is 0 Å². The standard InChI is InChI=1S/C15H18N2O/c1-12(2)18-14-9-6-10-16-15(14)17-11-13-7-4-3-5-8-13/h3-10,12H,11H2,1-2H3,(H,16,17). The molecule has 2 aromatic rings. The van der Waals surface area contributed by atoms with Crippen LogP contribution in [0.1, 0.15) is 19.4 Å². The van der Waals surface area contributed by atoms with Crippen molar-refractivity contribution in [2.45, 2.75) is 26.5 Å². The number of benzene rings is 1. The average molecular weight is 242 g/mol. The van der Waals surface area contributed by atoms with Gasteiger partial charge < -0.3 is 10.1 Å². The number of nitrogens with zero attached hydrogens (tertiary/aromatic N) is 1. The van der Waals surface area contributed by atoms with Crippen LogP contribution in [0.2, 0.25) is 0 Å². The highest BCUT2D eigenvalue weighted by Gasteiger charge is 2.05. The lowest BCUT2D eigenvalue weighted by atomic mass is 10.2. The van der Waals surface area contributed by atoms with Crippen molar-refractivity contribution < 1.29 is 4.74 Å². The molecular weight excluding hydrogens is 224 g/mol. The molecule has 0 aliphatic heterocycles. The zero-order valence-corrected chi connectivity index (χ0v) is 10.8. The maximum Gasteiger partial charge on any atom is 0.169 e. The van der Waals surface area contributed by atoms with Gasteiger partial charge in [-0.2, -0.15) is 0 Å². The Morgan fingerprint density at radius 3 is 2.61 bits per heavy atom. The van der Waals surface area contributed by atoms with Crippen molar-refractivity contribution in [1.82, 2.24) is 4.98 Å². The Labute approximate surface area is 108 Å². The Kier molecular flexibility index (Phi) is 4.18. The van der Waals surface area contributed by atoms with Gasteiger partial charge in [-0.3, -0.25) is 0 Å². The number of ether oxygens (including phenoxy) is 1. The Bertz CT molecular complexity index is 483. The first-order valence-electron chi connectivity index (χ1n) is 6.15. The number of hydrogen-bond acceptors (Lipinski definition) is 3. The second kappa shape index (κ2) is 6.05. The minimum atomic E-state index is 0.145. The van der Waals surface area contributed by atoms with Crippen LogP contribution in [0.15, 0.2) is 48.7 Å². The molecule has 1 aromatic carbocycles. The van der Waals surface area contributed by atoms with E-state index in [1.807, 2.05) is 44.2 Å². The molecule has 0 spiro atoms. The quantitative estimate of drug-likeness (QED) is 0.871. The summed E-state index contributed by atoms with van der Waals surface area (Å²) >= 11 is 0. The number of pyridine rings is 1. The number of rotatable bonds is 5. The molecule has 0 saturated heterocycles. The summed E-state index contributed by atoms with van der Waals surface area (Å²) in [5.74, 6) is 1.58. The topological polar surface area (TPSA) is 34.1 Å². The molecule has 0 unspecified atom stereocenters. The molecule has 1 heterocycles. The zero-order valence-electron chi connectivity index (χ0n) is 10.8. The minimum Gasteiger partial charge on any atom is -0.487 e. The predicted octanol–water partition coefficient (Wildman–Crippen LogP) is 3.48. The van der Waals surface area contributed by atoms with Gasteiger partial charge in [0.05, 0.1) is 6.10 Å². The molecule has 0 atom stereocenters. The minimum absolute atomic E-state index is 0.145. The van der Waals surface area contributed by atoms with Gasteiger partial charge in [0.2, 0.25) is 0 Å². The van der Waals surface area contributed by atoms with Crippen molar-refractivity contribution >= 4 is 5.82 Å². The van der Waals surface area contributed by atoms with E-state index in [0.717, 1.165) is 18.1 Å². The van der Waals surface area contributed by atoms with Crippen molar-refractivity contribution in [1.29, 1.82) is 0 Å². The summed E-state index contributed by atoms with van der Waals surface area (Å²) in [6.45, 7) is 4.76. The lowest BCUT2D eigenvalue weighted by Crippen LogP contribution is -2.09. The lowest BCUT2D eigenvalue weighted by molar-refractivity contribution is 0.243. The summed E-state index contributed by atoms with van der Waals surface area (Å²) in [7, 11) is 0. The first-order chi connectivity index (χ1) is 8.75. The number of anilines is 1. The number of hydrogen-bond donors (Lipinski definition) is 1. The van der Waals surface area contributed by atoms with Crippen LogP contribution >= 0.6 is 0 Å². The fraction of sp³-hybridized carbons (Fsp3) is 0.267. The molecule has 0 fully saturated rings. The van der Waals surface area contributed by atoms with E-state index >= 15 is 0 Å². The third-order valence-electron chi connectivity index (χ3n) is 2.44. The molecule has 3 heteroatoms. The maximum atomic E-state index is 5.71. The molecule has 18 heavy (non-hydrogen) atoms. The fourth-order valence-electron chi connectivity index (χ4n) is 1.65. The Hall–Kier alpha value is -2.03. The van der Waals surface area contributed by atoms with Gasteiger partial charge in [0.25, 0.3) is 0 Å². The molecule has 94 valence electrons. The molecule has 1 aromatic heterocycles. The monoisotopic (exact) mass is 242 g/mol. The Morgan fingerprint density at radius 2 is 1.89 bits per heavy atom. The van der Waals surface area contributed by atoms with Crippen molar-refractivity contribution in [3.8, 4) is 5.75 Å². The van der Waals surface area contributed by atoms with E-state index in [-0.39, 0.29) is 6.10 Å². The fourth-order valence-corrected chi connectivity index (χ4v) is 1.65. The van der Waals surface area contributed by atoms with Crippen LogP contribution in [-0.2, 0) is 6.54 Å². The van der Waals surface area contributed by atoms with E-state index in [1.54, 1.807) is 6.20 Å². The van der Waals surface area contributed by atoms with Gasteiger partial charge in [-0.05, 0) is 31.5 Å². The second-order valence-electron chi connectivity index (χ2n) is 4.36. The van der Waals surface area contributed by atoms with Gasteiger partial charge in [-0.15, -0.1) is 0 Å². The highest BCUT2D eigenvalue weighted by Crippen LogP contribution is 2.22. The molecule has 3 nitrogen and oxygen atoms in total. The maximum absolute atomic E-state index is 5.71. The van der Waals surface area contributed by atoms with E-state index < -0.39 is 0 Å². The van der Waals surface area contributed by atoms with Gasteiger partial charge in [0.1, 0.15) is 0 Å². The van der Waals surface area contributed by atoms with Crippen LogP contribution in [0, 0.1) is 0 Å². The summed E-state index contributed by atoms with van der Waals surface area (Å²) in [6.07, 6.45) is 1.91. The van der Waals surface area contributed by atoms with Crippen LogP contribution in [0.3, 0.4) is 0 Å². The first kappa shape index (κ1) is 12.4. The SMILES string of the molecule is CC(C)Oc1cccnc1NCc1ccccc1. The lowest BCUT2D eigenvalue weighted by Gasteiger charge is -2.14. The van der Waals surface area contributed by atoms with Crippen molar-refractivity contribution in [3.63, 3.8) is 0 Å². The zero-order chi connectivity index (χ0) is 12.8. The third-order valence-corrected chi connectivity index (χ3v) is 2.44. The molecular formula is C15H18N2O. The summed E-state index contributed by atoms with van der Waals surface area (Å²) in [4.78, 5) is 4.31. The second-order valence-corrected chi connectivity index (χ2v) is 4.36. The van der Waals surface area contributed by atoms with Gasteiger partial charge in [0, 0.05) is 12.7 Å². The van der Waals surface area contributed by atoms with E-state index in [9.17, 15) is 0 Å². The molecule has 0 amide bonds. The normalized spacial score (nSPS) is 10.4. The predicted molar refractivity (Wildman–Crippen MR) is 73.8 cm³/mol. The van der Waals surface area contributed by atoms with Crippen molar-refractivity contribution in [2.24, 2.45) is 0 Å². The van der Waals surface area contributed by atoms with Crippen LogP contribution in [-0.4, -0.2) is 11.1 Å². The Balaban J connectivity index is 2.05. The number of aromatic nitrogens is 1. The van der Waals surface area contributed by atoms with Crippen LogP contribution < -0.4 is 10.1 Å². The first-order valence-corrected chi connectivity index (χ1v) is 6.15. The van der Waals surface area contributed by atoms with Crippen LogP contribution in [0.5, 0.6) is 5.75 Å². The highest BCUT2D eigenvalue weighted by atomic mass is 16.5. The molecule has 0 bridgehead atoms.